The highest BCUT2D eigenvalue weighted by molar-refractivity contribution is 8.77. The first-order valence-electron chi connectivity index (χ1n) is 7.84. The van der Waals surface area contributed by atoms with Crippen molar-refractivity contribution >= 4 is 38.8 Å². The van der Waals surface area contributed by atoms with Crippen LogP contribution in [0.3, 0.4) is 0 Å². The van der Waals surface area contributed by atoms with E-state index in [1.807, 2.05) is 39.1 Å². The van der Waals surface area contributed by atoms with Gasteiger partial charge in [0, 0.05) is 17.4 Å². The molecule has 23 heavy (non-hydrogen) atoms. The van der Waals surface area contributed by atoms with Crippen molar-refractivity contribution in [1.29, 1.82) is 0 Å². The fourth-order valence-electron chi connectivity index (χ4n) is 2.40. The molecule has 1 atom stereocenters. The van der Waals surface area contributed by atoms with E-state index >= 15 is 0 Å². The number of aromatic nitrogens is 1. The van der Waals surface area contributed by atoms with Crippen molar-refractivity contribution in [2.24, 2.45) is 0 Å². The van der Waals surface area contributed by atoms with Gasteiger partial charge in [-0.05, 0) is 30.7 Å². The van der Waals surface area contributed by atoms with Crippen LogP contribution in [0.25, 0.3) is 10.8 Å². The summed E-state index contributed by atoms with van der Waals surface area (Å²) in [5.74, 6) is 2.00. The van der Waals surface area contributed by atoms with Crippen molar-refractivity contribution in [3.05, 3.63) is 29.5 Å². The molecular formula is C16H20N2O2S3. The number of amides is 1. The van der Waals surface area contributed by atoms with Gasteiger partial charge in [0.15, 0.2) is 0 Å². The second-order valence-corrected chi connectivity index (χ2v) is 9.21. The van der Waals surface area contributed by atoms with E-state index in [0.717, 1.165) is 28.7 Å². The molecule has 0 aliphatic carbocycles. The zero-order valence-electron chi connectivity index (χ0n) is 12.8. The Bertz CT molecular complexity index is 607. The summed E-state index contributed by atoms with van der Waals surface area (Å²) in [5, 5.41) is 5.71. The number of carbonyl (C=O) groups excluding carboxylic acids is 1. The van der Waals surface area contributed by atoms with Crippen molar-refractivity contribution < 1.29 is 9.21 Å². The minimum absolute atomic E-state index is 0.0964. The van der Waals surface area contributed by atoms with E-state index in [4.69, 9.17) is 4.42 Å². The molecule has 3 rings (SSSR count). The van der Waals surface area contributed by atoms with Crippen molar-refractivity contribution in [3.63, 3.8) is 0 Å². The maximum Gasteiger partial charge on any atom is 0.236 e. The van der Waals surface area contributed by atoms with E-state index in [1.165, 1.54) is 18.6 Å². The van der Waals surface area contributed by atoms with Gasteiger partial charge in [-0.25, -0.2) is 4.98 Å². The third kappa shape index (κ3) is 5.29. The first-order chi connectivity index (χ1) is 11.3. The Morgan fingerprint density at radius 1 is 1.43 bits per heavy atom. The van der Waals surface area contributed by atoms with Gasteiger partial charge in [-0.3, -0.25) is 4.79 Å². The van der Waals surface area contributed by atoms with Gasteiger partial charge in [0.1, 0.15) is 6.26 Å². The zero-order chi connectivity index (χ0) is 15.9. The molecule has 0 aromatic carbocycles. The highest BCUT2D eigenvalue weighted by Gasteiger charge is 2.16. The second kappa shape index (κ2) is 8.80. The van der Waals surface area contributed by atoms with Gasteiger partial charge in [-0.2, -0.15) is 0 Å². The van der Waals surface area contributed by atoms with Gasteiger partial charge in [0.25, 0.3) is 0 Å². The summed E-state index contributed by atoms with van der Waals surface area (Å²) in [5.41, 5.74) is 0.765. The van der Waals surface area contributed by atoms with Gasteiger partial charge in [-0.1, -0.05) is 34.1 Å². The summed E-state index contributed by atoms with van der Waals surface area (Å²) in [6, 6.07) is 3.94. The zero-order valence-corrected chi connectivity index (χ0v) is 15.3. The van der Waals surface area contributed by atoms with Crippen molar-refractivity contribution in [3.8, 4) is 10.8 Å². The highest BCUT2D eigenvalue weighted by Crippen LogP contribution is 2.39. The molecule has 1 saturated heterocycles. The Labute approximate surface area is 148 Å². The van der Waals surface area contributed by atoms with Crippen LogP contribution in [-0.2, 0) is 11.3 Å². The molecule has 4 nitrogen and oxygen atoms in total. The Morgan fingerprint density at radius 2 is 2.39 bits per heavy atom. The molecule has 1 fully saturated rings. The van der Waals surface area contributed by atoms with Crippen LogP contribution >= 0.6 is 32.9 Å². The van der Waals surface area contributed by atoms with Gasteiger partial charge in [0.05, 0.1) is 17.1 Å². The maximum absolute atomic E-state index is 11.9. The Kier molecular flexibility index (Phi) is 6.47. The smallest absolute Gasteiger partial charge is 0.236 e. The maximum atomic E-state index is 11.9. The van der Waals surface area contributed by atoms with Crippen molar-refractivity contribution in [1.82, 2.24) is 10.3 Å². The Hall–Kier alpha value is -0.920. The first kappa shape index (κ1) is 16.9. The van der Waals surface area contributed by atoms with E-state index in [9.17, 15) is 4.79 Å². The van der Waals surface area contributed by atoms with E-state index in [0.29, 0.717) is 18.9 Å². The van der Waals surface area contributed by atoms with Crippen LogP contribution in [0.15, 0.2) is 28.2 Å². The minimum Gasteiger partial charge on any atom is -0.443 e. The first-order valence-corrected chi connectivity index (χ1v) is 11.1. The predicted octanol–water partition coefficient (Wildman–Crippen LogP) is 4.73. The predicted molar refractivity (Wildman–Crippen MR) is 98.6 cm³/mol. The van der Waals surface area contributed by atoms with E-state index < -0.39 is 0 Å². The number of nitrogens with zero attached hydrogens (tertiary/aromatic N) is 1. The van der Waals surface area contributed by atoms with Crippen molar-refractivity contribution in [2.75, 3.05) is 5.75 Å². The Balaban J connectivity index is 1.32. The average molecular weight is 369 g/mol. The molecule has 0 bridgehead atoms. The molecule has 0 spiro atoms. The number of thiophene rings is 1. The van der Waals surface area contributed by atoms with Crippen LogP contribution in [-0.4, -0.2) is 21.9 Å². The largest absolute Gasteiger partial charge is 0.443 e. The normalized spacial score (nSPS) is 17.5. The lowest BCUT2D eigenvalue weighted by Crippen LogP contribution is -2.22. The monoisotopic (exact) mass is 368 g/mol. The van der Waals surface area contributed by atoms with Crippen LogP contribution in [0, 0.1) is 0 Å². The summed E-state index contributed by atoms with van der Waals surface area (Å²) in [6.07, 6.45) is 6.87. The molecule has 1 aliphatic heterocycles. The number of hydrogen-bond acceptors (Lipinski definition) is 6. The van der Waals surface area contributed by atoms with Crippen LogP contribution in [0.5, 0.6) is 0 Å². The van der Waals surface area contributed by atoms with Gasteiger partial charge >= 0.3 is 0 Å². The highest BCUT2D eigenvalue weighted by atomic mass is 33.1. The van der Waals surface area contributed by atoms with Crippen LogP contribution in [0.4, 0.5) is 0 Å². The molecule has 0 radical (unpaired) electrons. The lowest BCUT2D eigenvalue weighted by Gasteiger charge is -2.06. The van der Waals surface area contributed by atoms with Crippen LogP contribution < -0.4 is 5.32 Å². The summed E-state index contributed by atoms with van der Waals surface area (Å²) in [7, 11) is 3.98. The third-order valence-corrected chi connectivity index (χ3v) is 7.52. The molecular weight excluding hydrogens is 348 g/mol. The van der Waals surface area contributed by atoms with Crippen molar-refractivity contribution in [2.45, 2.75) is 43.9 Å². The van der Waals surface area contributed by atoms with Gasteiger partial charge in [0.2, 0.25) is 11.8 Å². The summed E-state index contributed by atoms with van der Waals surface area (Å²) < 4.78 is 5.44. The summed E-state index contributed by atoms with van der Waals surface area (Å²) in [6.45, 7) is 0.433. The SMILES string of the molecule is O=C(CCCC[C@H]1CCSS1)NCc1coc(-c2cccs2)n1. The van der Waals surface area contributed by atoms with Crippen LogP contribution in [0.2, 0.25) is 0 Å². The molecule has 2 aromatic heterocycles. The number of oxazole rings is 1. The lowest BCUT2D eigenvalue weighted by atomic mass is 10.1. The molecule has 7 heteroatoms. The third-order valence-electron chi connectivity index (χ3n) is 3.66. The van der Waals surface area contributed by atoms with E-state index in [-0.39, 0.29) is 5.91 Å². The lowest BCUT2D eigenvalue weighted by molar-refractivity contribution is -0.121. The molecule has 124 valence electrons. The van der Waals surface area contributed by atoms with Gasteiger partial charge < -0.3 is 9.73 Å². The standard InChI is InChI=1S/C16H20N2O2S3/c19-15(6-2-1-4-13-7-9-22-23-13)17-10-12-11-20-16(18-12)14-5-3-8-21-14/h3,5,8,11,13H,1-2,4,6-7,9-10H2,(H,17,19)/t13-/m0/s1. The molecule has 0 unspecified atom stereocenters. The number of carbonyl (C=O) groups is 1. The molecule has 1 amide bonds. The quantitative estimate of drug-likeness (QED) is 0.539. The van der Waals surface area contributed by atoms with Gasteiger partial charge in [-0.15, -0.1) is 11.3 Å². The topological polar surface area (TPSA) is 55.1 Å². The number of nitrogens with one attached hydrogen (secondary N) is 1. The van der Waals surface area contributed by atoms with E-state index in [1.54, 1.807) is 17.6 Å². The number of hydrogen-bond donors (Lipinski definition) is 1. The molecule has 2 aromatic rings. The molecule has 3 heterocycles. The molecule has 1 aliphatic rings. The molecule has 0 saturated carbocycles. The minimum atomic E-state index is 0.0964. The summed E-state index contributed by atoms with van der Waals surface area (Å²) >= 11 is 1.59. The molecule has 1 N–H and O–H groups in total. The number of unbranched alkanes of at least 4 members (excludes halogenated alkanes) is 1. The number of rotatable bonds is 8. The van der Waals surface area contributed by atoms with Crippen LogP contribution in [0.1, 0.15) is 37.8 Å². The fraction of sp³-hybridized carbons (Fsp3) is 0.500. The fourth-order valence-corrected chi connectivity index (χ4v) is 6.08. The summed E-state index contributed by atoms with van der Waals surface area (Å²) in [4.78, 5) is 17.3. The Morgan fingerprint density at radius 3 is 3.17 bits per heavy atom. The second-order valence-electron chi connectivity index (χ2n) is 5.47. The van der Waals surface area contributed by atoms with E-state index in [2.05, 4.69) is 10.3 Å². The average Bonchev–Trinajstić information content (AvgIpc) is 3.31.